The van der Waals surface area contributed by atoms with Gasteiger partial charge in [0.25, 0.3) is 0 Å². The molecule has 1 unspecified atom stereocenters. The van der Waals surface area contributed by atoms with Crippen molar-refractivity contribution in [2.45, 2.75) is 13.0 Å². The maximum atomic E-state index is 11.4. The van der Waals surface area contributed by atoms with Gasteiger partial charge in [0.15, 0.2) is 0 Å². The molecular formula is C13H19ClN2O3. The number of rotatable bonds is 7. The third kappa shape index (κ3) is 6.42. The zero-order valence-electron chi connectivity index (χ0n) is 10.9. The van der Waals surface area contributed by atoms with Crippen LogP contribution >= 0.6 is 11.6 Å². The normalized spacial score (nSPS) is 11.9. The Labute approximate surface area is 117 Å². The van der Waals surface area contributed by atoms with Crippen LogP contribution in [0.15, 0.2) is 24.3 Å². The zero-order chi connectivity index (χ0) is 14.1. The fraction of sp³-hybridized carbons (Fsp3) is 0.462. The summed E-state index contributed by atoms with van der Waals surface area (Å²) >= 11 is 5.75. The predicted octanol–water partition coefficient (Wildman–Crippen LogP) is 1.71. The van der Waals surface area contributed by atoms with E-state index in [1.165, 1.54) is 0 Å². The summed E-state index contributed by atoms with van der Waals surface area (Å²) in [6.45, 7) is 3.57. The third-order valence-corrected chi connectivity index (χ3v) is 2.70. The Balaban J connectivity index is 2.24. The van der Waals surface area contributed by atoms with Crippen molar-refractivity contribution in [3.63, 3.8) is 0 Å². The molecule has 1 aromatic rings. The van der Waals surface area contributed by atoms with E-state index >= 15 is 0 Å². The minimum atomic E-state index is -0.755. The van der Waals surface area contributed by atoms with Gasteiger partial charge in [-0.05, 0) is 24.6 Å². The summed E-state index contributed by atoms with van der Waals surface area (Å²) < 4.78 is 5.09. The van der Waals surface area contributed by atoms with Gasteiger partial charge >= 0.3 is 6.03 Å². The highest BCUT2D eigenvalue weighted by Crippen LogP contribution is 2.15. The first-order chi connectivity index (χ1) is 9.13. The van der Waals surface area contributed by atoms with Crippen LogP contribution in [0.1, 0.15) is 18.6 Å². The average molecular weight is 287 g/mol. The SMILES string of the molecule is CCOCCNC(=O)NCC(O)c1ccc(Cl)cc1. The minimum Gasteiger partial charge on any atom is -0.387 e. The molecule has 19 heavy (non-hydrogen) atoms. The minimum absolute atomic E-state index is 0.141. The molecule has 0 radical (unpaired) electrons. The van der Waals surface area contributed by atoms with E-state index in [-0.39, 0.29) is 12.6 Å². The van der Waals surface area contributed by atoms with Crippen molar-refractivity contribution in [2.75, 3.05) is 26.3 Å². The first-order valence-corrected chi connectivity index (χ1v) is 6.54. The molecule has 0 fully saturated rings. The van der Waals surface area contributed by atoms with Crippen LogP contribution < -0.4 is 10.6 Å². The molecule has 2 amide bonds. The smallest absolute Gasteiger partial charge is 0.314 e. The molecular weight excluding hydrogens is 268 g/mol. The number of hydrogen-bond acceptors (Lipinski definition) is 3. The van der Waals surface area contributed by atoms with Gasteiger partial charge in [-0.25, -0.2) is 4.79 Å². The van der Waals surface area contributed by atoms with E-state index in [9.17, 15) is 9.90 Å². The number of aliphatic hydroxyl groups is 1. The molecule has 1 atom stereocenters. The van der Waals surface area contributed by atoms with Gasteiger partial charge in [-0.15, -0.1) is 0 Å². The lowest BCUT2D eigenvalue weighted by Crippen LogP contribution is -2.39. The molecule has 3 N–H and O–H groups in total. The summed E-state index contributed by atoms with van der Waals surface area (Å²) in [6.07, 6.45) is -0.755. The molecule has 0 aliphatic carbocycles. The monoisotopic (exact) mass is 286 g/mol. The summed E-state index contributed by atoms with van der Waals surface area (Å²) in [5, 5.41) is 15.7. The van der Waals surface area contributed by atoms with Crippen molar-refractivity contribution in [3.05, 3.63) is 34.9 Å². The van der Waals surface area contributed by atoms with E-state index in [0.29, 0.717) is 30.3 Å². The molecule has 0 aliphatic heterocycles. The van der Waals surface area contributed by atoms with Crippen LogP contribution in [-0.4, -0.2) is 37.4 Å². The van der Waals surface area contributed by atoms with Crippen molar-refractivity contribution in [1.29, 1.82) is 0 Å². The number of nitrogens with one attached hydrogen (secondary N) is 2. The van der Waals surface area contributed by atoms with E-state index < -0.39 is 6.10 Å². The number of ether oxygens (including phenoxy) is 1. The molecule has 5 nitrogen and oxygen atoms in total. The topological polar surface area (TPSA) is 70.6 Å². The Kier molecular flexibility index (Phi) is 7.25. The summed E-state index contributed by atoms with van der Waals surface area (Å²) in [7, 11) is 0. The number of halogens is 1. The van der Waals surface area contributed by atoms with Crippen molar-refractivity contribution < 1.29 is 14.6 Å². The molecule has 6 heteroatoms. The molecule has 0 spiro atoms. The van der Waals surface area contributed by atoms with Gasteiger partial charge in [0, 0.05) is 24.7 Å². The Morgan fingerprint density at radius 2 is 2.05 bits per heavy atom. The number of urea groups is 1. The van der Waals surface area contributed by atoms with E-state index in [4.69, 9.17) is 16.3 Å². The van der Waals surface area contributed by atoms with Gasteiger partial charge in [-0.3, -0.25) is 0 Å². The standard InChI is InChI=1S/C13H19ClN2O3/c1-2-19-8-7-15-13(18)16-9-12(17)10-3-5-11(14)6-4-10/h3-6,12,17H,2,7-9H2,1H3,(H2,15,16,18). The number of benzene rings is 1. The second kappa shape index (κ2) is 8.74. The number of carbonyl (C=O) groups excluding carboxylic acids is 1. The number of amides is 2. The van der Waals surface area contributed by atoms with Crippen LogP contribution in [0.3, 0.4) is 0 Å². The highest BCUT2D eigenvalue weighted by atomic mass is 35.5. The molecule has 106 valence electrons. The van der Waals surface area contributed by atoms with Gasteiger partial charge < -0.3 is 20.5 Å². The average Bonchev–Trinajstić information content (AvgIpc) is 2.42. The highest BCUT2D eigenvalue weighted by Gasteiger charge is 2.08. The highest BCUT2D eigenvalue weighted by molar-refractivity contribution is 6.30. The Bertz CT molecular complexity index is 384. The Morgan fingerprint density at radius 1 is 1.37 bits per heavy atom. The Hall–Kier alpha value is -1.30. The molecule has 0 aromatic heterocycles. The molecule has 0 saturated heterocycles. The maximum Gasteiger partial charge on any atom is 0.314 e. The van der Waals surface area contributed by atoms with Crippen LogP contribution in [0.4, 0.5) is 4.79 Å². The zero-order valence-corrected chi connectivity index (χ0v) is 11.6. The molecule has 0 aliphatic rings. The van der Waals surface area contributed by atoms with E-state index in [1.54, 1.807) is 24.3 Å². The van der Waals surface area contributed by atoms with Gasteiger partial charge in [-0.2, -0.15) is 0 Å². The second-order valence-electron chi connectivity index (χ2n) is 3.90. The number of carbonyl (C=O) groups is 1. The Morgan fingerprint density at radius 3 is 2.68 bits per heavy atom. The van der Waals surface area contributed by atoms with Crippen LogP contribution in [0.25, 0.3) is 0 Å². The molecule has 0 saturated carbocycles. The lowest BCUT2D eigenvalue weighted by Gasteiger charge is -2.13. The lowest BCUT2D eigenvalue weighted by molar-refractivity contribution is 0.148. The van der Waals surface area contributed by atoms with Crippen LogP contribution in [0, 0.1) is 0 Å². The lowest BCUT2D eigenvalue weighted by atomic mass is 10.1. The number of aliphatic hydroxyl groups excluding tert-OH is 1. The first kappa shape index (κ1) is 15.8. The van der Waals surface area contributed by atoms with Gasteiger partial charge in [0.1, 0.15) is 0 Å². The van der Waals surface area contributed by atoms with Crippen LogP contribution in [0.2, 0.25) is 5.02 Å². The summed E-state index contributed by atoms with van der Waals surface area (Å²) in [6, 6.07) is 6.51. The molecule has 1 aromatic carbocycles. The van der Waals surface area contributed by atoms with E-state index in [0.717, 1.165) is 0 Å². The van der Waals surface area contributed by atoms with Crippen LogP contribution in [-0.2, 0) is 4.74 Å². The van der Waals surface area contributed by atoms with Gasteiger partial charge in [-0.1, -0.05) is 23.7 Å². The van der Waals surface area contributed by atoms with Crippen molar-refractivity contribution >= 4 is 17.6 Å². The summed E-state index contributed by atoms with van der Waals surface area (Å²) in [4.78, 5) is 11.4. The first-order valence-electron chi connectivity index (χ1n) is 6.16. The van der Waals surface area contributed by atoms with Crippen LogP contribution in [0.5, 0.6) is 0 Å². The molecule has 0 heterocycles. The fourth-order valence-electron chi connectivity index (χ4n) is 1.44. The van der Waals surface area contributed by atoms with Crippen molar-refractivity contribution in [3.8, 4) is 0 Å². The quantitative estimate of drug-likeness (QED) is 0.668. The predicted molar refractivity (Wildman–Crippen MR) is 74.3 cm³/mol. The maximum absolute atomic E-state index is 11.4. The summed E-state index contributed by atoms with van der Waals surface area (Å²) in [5.74, 6) is 0. The molecule has 0 bridgehead atoms. The van der Waals surface area contributed by atoms with E-state index in [1.807, 2.05) is 6.92 Å². The summed E-state index contributed by atoms with van der Waals surface area (Å²) in [5.41, 5.74) is 0.707. The fourth-order valence-corrected chi connectivity index (χ4v) is 1.56. The third-order valence-electron chi connectivity index (χ3n) is 2.45. The largest absolute Gasteiger partial charge is 0.387 e. The van der Waals surface area contributed by atoms with E-state index in [2.05, 4.69) is 10.6 Å². The van der Waals surface area contributed by atoms with Crippen molar-refractivity contribution in [2.24, 2.45) is 0 Å². The number of hydrogen-bond donors (Lipinski definition) is 3. The second-order valence-corrected chi connectivity index (χ2v) is 4.34. The molecule has 1 rings (SSSR count). The van der Waals surface area contributed by atoms with Gasteiger partial charge in [0.05, 0.1) is 12.7 Å². The van der Waals surface area contributed by atoms with Crippen molar-refractivity contribution in [1.82, 2.24) is 10.6 Å². The van der Waals surface area contributed by atoms with Gasteiger partial charge in [0.2, 0.25) is 0 Å².